The van der Waals surface area contributed by atoms with E-state index in [1.54, 1.807) is 13.1 Å². The van der Waals surface area contributed by atoms with Gasteiger partial charge in [0.05, 0.1) is 13.0 Å². The monoisotopic (exact) mass is 407 g/mol. The molecule has 0 N–H and O–H groups in total. The third-order valence-electron chi connectivity index (χ3n) is 5.89. The molecule has 1 aliphatic heterocycles. The maximum atomic E-state index is 11.6. The first-order chi connectivity index (χ1) is 14.0. The minimum atomic E-state index is -0.231. The highest BCUT2D eigenvalue weighted by Gasteiger charge is 2.34. The Labute approximate surface area is 178 Å². The summed E-state index contributed by atoms with van der Waals surface area (Å²) in [6, 6.07) is 8.38. The van der Waals surface area contributed by atoms with Gasteiger partial charge >= 0.3 is 5.97 Å². The fourth-order valence-electron chi connectivity index (χ4n) is 3.94. The van der Waals surface area contributed by atoms with Crippen molar-refractivity contribution in [3.8, 4) is 11.8 Å². The number of hydrogen-bond donors (Lipinski definition) is 0. The van der Waals surface area contributed by atoms with Gasteiger partial charge < -0.3 is 4.74 Å². The smallest absolute Gasteiger partial charge is 0.310 e. The Kier molecular flexibility index (Phi) is 7.03. The summed E-state index contributed by atoms with van der Waals surface area (Å²) in [6.07, 6.45) is 5.51. The van der Waals surface area contributed by atoms with E-state index in [1.165, 1.54) is 28.2 Å². The normalized spacial score (nSPS) is 14.5. The Morgan fingerprint density at radius 2 is 2.00 bits per heavy atom. The summed E-state index contributed by atoms with van der Waals surface area (Å²) in [5, 5.41) is 0. The molecule has 0 fully saturated rings. The Morgan fingerprint density at radius 3 is 2.66 bits per heavy atom. The van der Waals surface area contributed by atoms with Crippen molar-refractivity contribution in [2.75, 3.05) is 12.4 Å². The van der Waals surface area contributed by atoms with Crippen molar-refractivity contribution in [1.82, 2.24) is 4.98 Å². The molecule has 0 unspecified atom stereocenters. The molecule has 152 valence electrons. The summed E-state index contributed by atoms with van der Waals surface area (Å²) in [5.74, 6) is 7.49. The van der Waals surface area contributed by atoms with E-state index < -0.39 is 0 Å². The van der Waals surface area contributed by atoms with Crippen molar-refractivity contribution in [3.63, 3.8) is 0 Å². The predicted molar refractivity (Wildman–Crippen MR) is 119 cm³/mol. The van der Waals surface area contributed by atoms with Gasteiger partial charge in [-0.25, -0.2) is 4.98 Å². The van der Waals surface area contributed by atoms with E-state index in [1.807, 2.05) is 23.9 Å². The van der Waals surface area contributed by atoms with E-state index in [-0.39, 0.29) is 17.8 Å². The zero-order chi connectivity index (χ0) is 20.9. The molecule has 0 saturated carbocycles. The number of thioether (sulfide) groups is 1. The largest absolute Gasteiger partial charge is 0.466 e. The summed E-state index contributed by atoms with van der Waals surface area (Å²) < 4.78 is 4.98. The second-order valence-corrected chi connectivity index (χ2v) is 8.67. The molecule has 0 atom stereocenters. The number of benzene rings is 1. The van der Waals surface area contributed by atoms with Gasteiger partial charge in [-0.3, -0.25) is 4.79 Å². The number of rotatable bonds is 5. The third-order valence-corrected chi connectivity index (χ3v) is 6.95. The lowest BCUT2D eigenvalue weighted by molar-refractivity contribution is -0.142. The summed E-state index contributed by atoms with van der Waals surface area (Å²) in [5.41, 5.74) is 5.58. The van der Waals surface area contributed by atoms with Crippen LogP contribution < -0.4 is 0 Å². The third kappa shape index (κ3) is 4.85. The molecule has 0 amide bonds. The lowest BCUT2D eigenvalue weighted by atomic mass is 9.73. The Hall–Kier alpha value is -2.25. The predicted octanol–water partition coefficient (Wildman–Crippen LogP) is 5.45. The second kappa shape index (κ2) is 9.50. The number of ether oxygens (including phenoxy) is 1. The number of hydrogen-bond acceptors (Lipinski definition) is 4. The molecule has 0 aliphatic carbocycles. The first kappa shape index (κ1) is 21.5. The van der Waals surface area contributed by atoms with Crippen LogP contribution in [0.4, 0.5) is 0 Å². The number of carbonyl (C=O) groups excluding carboxylic acids is 1. The van der Waals surface area contributed by atoms with E-state index in [0.717, 1.165) is 24.0 Å². The molecule has 3 nitrogen and oxygen atoms in total. The van der Waals surface area contributed by atoms with Crippen LogP contribution in [0, 0.1) is 18.8 Å². The van der Waals surface area contributed by atoms with Crippen LogP contribution in [0.3, 0.4) is 0 Å². The van der Waals surface area contributed by atoms with Gasteiger partial charge in [0.15, 0.2) is 0 Å². The van der Waals surface area contributed by atoms with Crippen molar-refractivity contribution in [2.24, 2.45) is 0 Å². The molecule has 1 aromatic carbocycles. The van der Waals surface area contributed by atoms with Gasteiger partial charge in [-0.05, 0) is 85.1 Å². The molecule has 0 spiro atoms. The molecule has 1 aliphatic rings. The van der Waals surface area contributed by atoms with Crippen LogP contribution in [0.1, 0.15) is 68.0 Å². The van der Waals surface area contributed by atoms with E-state index >= 15 is 0 Å². The van der Waals surface area contributed by atoms with Gasteiger partial charge in [0.1, 0.15) is 5.69 Å². The molecular formula is C25H29NO2S. The van der Waals surface area contributed by atoms with Gasteiger partial charge in [0.2, 0.25) is 0 Å². The van der Waals surface area contributed by atoms with E-state index in [9.17, 15) is 4.79 Å². The van der Waals surface area contributed by atoms with Gasteiger partial charge in [-0.15, -0.1) is 11.8 Å². The summed E-state index contributed by atoms with van der Waals surface area (Å²) in [6.45, 7) is 8.94. The van der Waals surface area contributed by atoms with Crippen molar-refractivity contribution in [1.29, 1.82) is 0 Å². The zero-order valence-electron chi connectivity index (χ0n) is 17.8. The quantitative estimate of drug-likeness (QED) is 0.488. The highest BCUT2D eigenvalue weighted by molar-refractivity contribution is 7.99. The average Bonchev–Trinajstić information content (AvgIpc) is 2.73. The van der Waals surface area contributed by atoms with E-state index in [2.05, 4.69) is 49.7 Å². The molecule has 2 heterocycles. The fraction of sp³-hybridized carbons (Fsp3) is 0.440. The molecule has 1 aromatic heterocycles. The Morgan fingerprint density at radius 1 is 1.21 bits per heavy atom. The molecule has 2 aromatic rings. The lowest BCUT2D eigenvalue weighted by Gasteiger charge is -2.38. The van der Waals surface area contributed by atoms with Crippen molar-refractivity contribution < 1.29 is 9.53 Å². The number of nitrogens with zero attached hydrogens (tertiary/aromatic N) is 1. The maximum Gasteiger partial charge on any atom is 0.310 e. The number of pyridine rings is 1. The van der Waals surface area contributed by atoms with E-state index in [4.69, 9.17) is 4.74 Å². The molecule has 0 bridgehead atoms. The van der Waals surface area contributed by atoms with Gasteiger partial charge in [0, 0.05) is 16.7 Å². The van der Waals surface area contributed by atoms with Crippen LogP contribution in [0.2, 0.25) is 0 Å². The standard InChI is InChI=1S/C25H29NO2S/c1-5-25(6-2)12-13-29-23-14-18(4)20(16-22(23)25)9-11-21-10-8-19(17-26-21)15-24(27)28-7-3/h8,10,14,16-17H,5-7,12-13,15H2,1-4H3. The van der Waals surface area contributed by atoms with Gasteiger partial charge in [-0.2, -0.15) is 0 Å². The number of fused-ring (bicyclic) bond motifs is 1. The van der Waals surface area contributed by atoms with Crippen molar-refractivity contribution in [3.05, 3.63) is 58.4 Å². The topological polar surface area (TPSA) is 39.2 Å². The van der Waals surface area contributed by atoms with Crippen molar-refractivity contribution >= 4 is 17.7 Å². The Balaban J connectivity index is 1.85. The average molecular weight is 408 g/mol. The van der Waals surface area contributed by atoms with Crippen LogP contribution in [0.15, 0.2) is 35.4 Å². The minimum absolute atomic E-state index is 0.231. The second-order valence-electron chi connectivity index (χ2n) is 7.53. The number of aromatic nitrogens is 1. The van der Waals surface area contributed by atoms with Crippen LogP contribution >= 0.6 is 11.8 Å². The van der Waals surface area contributed by atoms with Crippen LogP contribution in [0.25, 0.3) is 0 Å². The molecular weight excluding hydrogens is 378 g/mol. The Bertz CT molecular complexity index is 934. The van der Waals surface area contributed by atoms with Crippen LogP contribution in [0.5, 0.6) is 0 Å². The molecule has 29 heavy (non-hydrogen) atoms. The van der Waals surface area contributed by atoms with Crippen LogP contribution in [-0.2, 0) is 21.4 Å². The molecule has 0 radical (unpaired) electrons. The van der Waals surface area contributed by atoms with Gasteiger partial charge in [-0.1, -0.05) is 25.8 Å². The first-order valence-corrected chi connectivity index (χ1v) is 11.4. The molecule has 3 rings (SSSR count). The fourth-order valence-corrected chi connectivity index (χ4v) is 5.34. The van der Waals surface area contributed by atoms with Crippen molar-refractivity contribution in [2.45, 2.75) is 63.7 Å². The van der Waals surface area contributed by atoms with Gasteiger partial charge in [0.25, 0.3) is 0 Å². The summed E-state index contributed by atoms with van der Waals surface area (Å²) in [7, 11) is 0. The van der Waals surface area contributed by atoms with Crippen LogP contribution in [-0.4, -0.2) is 23.3 Å². The number of esters is 1. The highest BCUT2D eigenvalue weighted by Crippen LogP contribution is 2.46. The molecule has 4 heteroatoms. The molecule has 0 saturated heterocycles. The summed E-state index contributed by atoms with van der Waals surface area (Å²) in [4.78, 5) is 17.4. The lowest BCUT2D eigenvalue weighted by Crippen LogP contribution is -2.29. The number of carbonyl (C=O) groups is 1. The summed E-state index contributed by atoms with van der Waals surface area (Å²) >= 11 is 1.97. The zero-order valence-corrected chi connectivity index (χ0v) is 18.6. The SMILES string of the molecule is CCOC(=O)Cc1ccc(C#Cc2cc3c(cc2C)SCCC3(CC)CC)nc1. The van der Waals surface area contributed by atoms with E-state index in [0.29, 0.717) is 12.3 Å². The maximum absolute atomic E-state index is 11.6. The first-order valence-electron chi connectivity index (χ1n) is 10.4. The minimum Gasteiger partial charge on any atom is -0.466 e. The highest BCUT2D eigenvalue weighted by atomic mass is 32.2. The number of aryl methyl sites for hydroxylation is 1.